The minimum atomic E-state index is -0.229. The van der Waals surface area contributed by atoms with Crippen molar-refractivity contribution in [1.82, 2.24) is 15.5 Å². The van der Waals surface area contributed by atoms with Gasteiger partial charge in [-0.3, -0.25) is 4.79 Å². The fourth-order valence-electron chi connectivity index (χ4n) is 2.27. The first kappa shape index (κ1) is 19.8. The number of aromatic nitrogens is 2. The lowest BCUT2D eigenvalue weighted by molar-refractivity contribution is 0.0953. The molecule has 1 amide bonds. The van der Waals surface area contributed by atoms with Crippen molar-refractivity contribution in [3.63, 3.8) is 0 Å². The Morgan fingerprint density at radius 2 is 1.69 bits per heavy atom. The van der Waals surface area contributed by atoms with Crippen LogP contribution in [0.2, 0.25) is 0 Å². The van der Waals surface area contributed by atoms with Gasteiger partial charge in [0.15, 0.2) is 11.5 Å². The summed E-state index contributed by atoms with van der Waals surface area (Å²) in [6, 6.07) is 3.32. The summed E-state index contributed by atoms with van der Waals surface area (Å²) in [5.74, 6) is 1.26. The molecule has 8 nitrogen and oxygen atoms in total. The van der Waals surface area contributed by atoms with E-state index in [-0.39, 0.29) is 5.91 Å². The van der Waals surface area contributed by atoms with Crippen LogP contribution in [0.5, 0.6) is 17.2 Å². The molecular weight excluding hydrogens is 356 g/mol. The molecule has 0 aliphatic carbocycles. The molecule has 9 heteroatoms. The van der Waals surface area contributed by atoms with Crippen molar-refractivity contribution < 1.29 is 19.0 Å². The van der Waals surface area contributed by atoms with E-state index < -0.39 is 0 Å². The number of nitrogens with zero attached hydrogens (tertiary/aromatic N) is 2. The summed E-state index contributed by atoms with van der Waals surface area (Å²) in [6.07, 6.45) is 0.564. The minimum Gasteiger partial charge on any atom is -0.490 e. The molecule has 0 unspecified atom stereocenters. The predicted molar refractivity (Wildman–Crippen MR) is 100 cm³/mol. The smallest absolute Gasteiger partial charge is 0.251 e. The molecular formula is C17H24N4O4S. The number of benzene rings is 1. The van der Waals surface area contributed by atoms with Crippen LogP contribution >= 0.6 is 11.3 Å². The number of nitrogen functional groups attached to an aromatic ring is 1. The van der Waals surface area contributed by atoms with Gasteiger partial charge in [-0.15, -0.1) is 10.2 Å². The number of hydrogen-bond donors (Lipinski definition) is 2. The molecule has 0 fully saturated rings. The molecule has 0 saturated carbocycles. The van der Waals surface area contributed by atoms with Gasteiger partial charge >= 0.3 is 0 Å². The predicted octanol–water partition coefficient (Wildman–Crippen LogP) is 2.29. The van der Waals surface area contributed by atoms with E-state index in [9.17, 15) is 4.79 Å². The van der Waals surface area contributed by atoms with Gasteiger partial charge < -0.3 is 25.3 Å². The quantitative estimate of drug-likeness (QED) is 0.651. The number of carbonyl (C=O) groups excluding carboxylic acids is 1. The van der Waals surface area contributed by atoms with Gasteiger partial charge in [-0.05, 0) is 32.9 Å². The molecule has 1 heterocycles. The largest absolute Gasteiger partial charge is 0.490 e. The third-order valence-electron chi connectivity index (χ3n) is 3.28. The number of nitrogens with two attached hydrogens (primary N) is 1. The Morgan fingerprint density at radius 3 is 2.19 bits per heavy atom. The lowest BCUT2D eigenvalue weighted by Crippen LogP contribution is -2.25. The molecule has 3 N–H and O–H groups in total. The maximum atomic E-state index is 12.5. The summed E-state index contributed by atoms with van der Waals surface area (Å²) in [5.41, 5.74) is 5.99. The van der Waals surface area contributed by atoms with Crippen molar-refractivity contribution in [2.24, 2.45) is 0 Å². The van der Waals surface area contributed by atoms with Crippen LogP contribution in [0.1, 0.15) is 36.1 Å². The van der Waals surface area contributed by atoms with E-state index >= 15 is 0 Å². The first-order valence-corrected chi connectivity index (χ1v) is 9.33. The van der Waals surface area contributed by atoms with Crippen LogP contribution in [-0.2, 0) is 6.42 Å². The average molecular weight is 380 g/mol. The third kappa shape index (κ3) is 5.22. The van der Waals surface area contributed by atoms with Crippen molar-refractivity contribution in [2.45, 2.75) is 27.2 Å². The summed E-state index contributed by atoms with van der Waals surface area (Å²) in [5, 5.41) is 11.7. The van der Waals surface area contributed by atoms with E-state index in [2.05, 4.69) is 15.5 Å². The van der Waals surface area contributed by atoms with Gasteiger partial charge in [-0.25, -0.2) is 0 Å². The highest BCUT2D eigenvalue weighted by Gasteiger charge is 2.18. The van der Waals surface area contributed by atoms with Gasteiger partial charge in [-0.1, -0.05) is 11.3 Å². The van der Waals surface area contributed by atoms with Crippen LogP contribution in [-0.4, -0.2) is 42.5 Å². The Bertz CT molecular complexity index is 708. The second-order valence-corrected chi connectivity index (χ2v) is 6.23. The highest BCUT2D eigenvalue weighted by Crippen LogP contribution is 2.39. The fraction of sp³-hybridized carbons (Fsp3) is 0.471. The van der Waals surface area contributed by atoms with Crippen LogP contribution in [0.4, 0.5) is 5.13 Å². The summed E-state index contributed by atoms with van der Waals surface area (Å²) >= 11 is 1.31. The zero-order valence-electron chi connectivity index (χ0n) is 15.2. The van der Waals surface area contributed by atoms with E-state index in [0.29, 0.717) is 60.7 Å². The molecule has 0 bridgehead atoms. The average Bonchev–Trinajstić information content (AvgIpc) is 3.03. The number of ether oxygens (including phenoxy) is 3. The maximum Gasteiger partial charge on any atom is 0.251 e. The Labute approximate surface area is 156 Å². The van der Waals surface area contributed by atoms with Gasteiger partial charge in [0.05, 0.1) is 19.8 Å². The number of amides is 1. The van der Waals surface area contributed by atoms with Crippen molar-refractivity contribution in [3.8, 4) is 17.2 Å². The molecule has 1 aromatic carbocycles. The number of nitrogens with one attached hydrogen (secondary N) is 1. The van der Waals surface area contributed by atoms with E-state index in [4.69, 9.17) is 19.9 Å². The van der Waals surface area contributed by atoms with Crippen LogP contribution in [0, 0.1) is 0 Å². The van der Waals surface area contributed by atoms with Crippen molar-refractivity contribution in [2.75, 3.05) is 32.1 Å². The van der Waals surface area contributed by atoms with Gasteiger partial charge in [0.25, 0.3) is 5.91 Å². The van der Waals surface area contributed by atoms with Gasteiger partial charge in [0.1, 0.15) is 5.01 Å². The SMILES string of the molecule is CCOc1cc(C(=O)NCCc2nnc(N)s2)cc(OCC)c1OCC. The first-order valence-electron chi connectivity index (χ1n) is 8.51. The summed E-state index contributed by atoms with van der Waals surface area (Å²) < 4.78 is 16.9. The number of carbonyl (C=O) groups is 1. The second-order valence-electron chi connectivity index (χ2n) is 5.14. The van der Waals surface area contributed by atoms with Crippen molar-refractivity contribution in [3.05, 3.63) is 22.7 Å². The van der Waals surface area contributed by atoms with E-state index in [1.54, 1.807) is 12.1 Å². The van der Waals surface area contributed by atoms with Gasteiger partial charge in [-0.2, -0.15) is 0 Å². The summed E-state index contributed by atoms with van der Waals surface area (Å²) in [7, 11) is 0. The van der Waals surface area contributed by atoms with E-state index in [0.717, 1.165) is 5.01 Å². The minimum absolute atomic E-state index is 0.229. The number of rotatable bonds is 10. The molecule has 2 rings (SSSR count). The normalized spacial score (nSPS) is 10.4. The Hall–Kier alpha value is -2.55. The van der Waals surface area contributed by atoms with Crippen LogP contribution in [0.15, 0.2) is 12.1 Å². The molecule has 0 aliphatic rings. The van der Waals surface area contributed by atoms with Crippen LogP contribution in [0.25, 0.3) is 0 Å². The van der Waals surface area contributed by atoms with Crippen molar-refractivity contribution >= 4 is 22.4 Å². The molecule has 142 valence electrons. The van der Waals surface area contributed by atoms with Crippen molar-refractivity contribution in [1.29, 1.82) is 0 Å². The lowest BCUT2D eigenvalue weighted by atomic mass is 10.1. The zero-order chi connectivity index (χ0) is 18.9. The fourth-order valence-corrected chi connectivity index (χ4v) is 2.88. The standard InChI is InChI=1S/C17H24N4O4S/c1-4-23-12-9-11(10-13(24-5-2)15(12)25-6-3)16(22)19-8-7-14-20-21-17(18)26-14/h9-10H,4-8H2,1-3H3,(H2,18,21)(H,19,22). The topological polar surface area (TPSA) is 109 Å². The molecule has 0 radical (unpaired) electrons. The molecule has 26 heavy (non-hydrogen) atoms. The van der Waals surface area contributed by atoms with Crippen LogP contribution < -0.4 is 25.3 Å². The monoisotopic (exact) mass is 380 g/mol. The lowest BCUT2D eigenvalue weighted by Gasteiger charge is -2.17. The first-order chi connectivity index (χ1) is 12.6. The highest BCUT2D eigenvalue weighted by molar-refractivity contribution is 7.15. The summed E-state index contributed by atoms with van der Waals surface area (Å²) in [4.78, 5) is 12.5. The highest BCUT2D eigenvalue weighted by atomic mass is 32.1. The third-order valence-corrected chi connectivity index (χ3v) is 4.09. The maximum absolute atomic E-state index is 12.5. The van der Waals surface area contributed by atoms with Gasteiger partial charge in [0.2, 0.25) is 10.9 Å². The Kier molecular flexibility index (Phi) is 7.46. The number of hydrogen-bond acceptors (Lipinski definition) is 8. The molecule has 2 aromatic rings. The van der Waals surface area contributed by atoms with Gasteiger partial charge in [0, 0.05) is 18.5 Å². The molecule has 0 saturated heterocycles. The van der Waals surface area contributed by atoms with E-state index in [1.807, 2.05) is 20.8 Å². The van der Waals surface area contributed by atoms with E-state index in [1.165, 1.54) is 11.3 Å². The molecule has 0 aliphatic heterocycles. The second kappa shape index (κ2) is 9.81. The molecule has 0 atom stereocenters. The van der Waals surface area contributed by atoms with Crippen LogP contribution in [0.3, 0.4) is 0 Å². The summed E-state index contributed by atoms with van der Waals surface area (Å²) in [6.45, 7) is 7.43. The molecule has 1 aromatic heterocycles. The Balaban J connectivity index is 2.13. The zero-order valence-corrected chi connectivity index (χ0v) is 16.0. The Morgan fingerprint density at radius 1 is 1.08 bits per heavy atom. The number of anilines is 1. The molecule has 0 spiro atoms.